The van der Waals surface area contributed by atoms with Crippen LogP contribution in [0.1, 0.15) is 11.1 Å². The quantitative estimate of drug-likeness (QED) is 0.368. The van der Waals surface area contributed by atoms with Gasteiger partial charge in [-0.05, 0) is 0 Å². The van der Waals surface area contributed by atoms with Crippen LogP contribution in [0.5, 0.6) is 0 Å². The molecule has 0 bridgehead atoms. The van der Waals surface area contributed by atoms with E-state index < -0.39 is 0 Å². The molecule has 0 spiro atoms. The van der Waals surface area contributed by atoms with Crippen LogP contribution in [0.2, 0.25) is 0 Å². The minimum absolute atomic E-state index is 1.14. The van der Waals surface area contributed by atoms with Gasteiger partial charge in [-0.3, -0.25) is 0 Å². The molecule has 0 heterocycles. The van der Waals surface area contributed by atoms with Crippen LogP contribution in [0.15, 0.2) is 16.6 Å². The van der Waals surface area contributed by atoms with Crippen molar-refractivity contribution in [2.24, 2.45) is 0 Å². The molecule has 0 amide bonds. The zero-order valence-corrected chi connectivity index (χ0v) is 13.3. The first-order chi connectivity index (χ1) is 5.18. The van der Waals surface area contributed by atoms with Gasteiger partial charge in [-0.25, -0.2) is 0 Å². The molecule has 1 aromatic carbocycles. The Bertz CT molecular complexity index is 175. The molecule has 0 aromatic heterocycles. The average molecular weight is 376 g/mol. The third kappa shape index (κ3) is 5.32. The van der Waals surface area contributed by atoms with Crippen molar-refractivity contribution in [3.8, 4) is 0 Å². The zero-order valence-electron chi connectivity index (χ0n) is 6.62. The van der Waals surface area contributed by atoms with Crippen molar-refractivity contribution >= 4 is 35.7 Å². The van der Waals surface area contributed by atoms with Crippen molar-refractivity contribution in [3.63, 3.8) is 0 Å². The summed E-state index contributed by atoms with van der Waals surface area (Å²) in [4.78, 5) is 0. The maximum atomic E-state index is 3.39. The van der Waals surface area contributed by atoms with Crippen molar-refractivity contribution in [2.45, 2.75) is 13.8 Å². The van der Waals surface area contributed by atoms with E-state index in [-0.39, 0.29) is 0 Å². The Balaban J connectivity index is 0.000000461. The number of benzene rings is 1. The normalized spacial score (nSPS) is 8.55. The molecule has 11 heavy (non-hydrogen) atoms. The number of hydrogen-bond acceptors (Lipinski definition) is 0. The summed E-state index contributed by atoms with van der Waals surface area (Å²) in [5.74, 6) is 0. The first-order valence-electron chi connectivity index (χ1n) is 3.11. The van der Waals surface area contributed by atoms with Gasteiger partial charge in [-0.15, -0.1) is 0 Å². The molecular formula is C8H8BrIZn. The van der Waals surface area contributed by atoms with Gasteiger partial charge in [0.25, 0.3) is 0 Å². The summed E-state index contributed by atoms with van der Waals surface area (Å²) in [6.07, 6.45) is 0. The molecule has 0 saturated carbocycles. The molecule has 1 rings (SSSR count). The van der Waals surface area contributed by atoms with Gasteiger partial charge in [0.05, 0.1) is 0 Å². The van der Waals surface area contributed by atoms with Crippen LogP contribution in [0.3, 0.4) is 0 Å². The van der Waals surface area contributed by atoms with Gasteiger partial charge in [0.1, 0.15) is 0 Å². The molecule has 0 unspecified atom stereocenters. The second kappa shape index (κ2) is 6.56. The molecule has 0 atom stereocenters. The predicted octanol–water partition coefficient (Wildman–Crippen LogP) is 3.75. The minimum atomic E-state index is 1.14. The molecule has 0 nitrogen and oxygen atoms in total. The standard InChI is InChI=1S/C8H8Br.HI.Zn/c1-6-3-7(2)5-8(9)4-6;;/h4-5H,1-2H3;1H;/q-1;;+2/p-1. The molecule has 0 saturated heterocycles. The summed E-state index contributed by atoms with van der Waals surface area (Å²) in [7, 11) is 0. The maximum absolute atomic E-state index is 3.39. The second-order valence-electron chi connectivity index (χ2n) is 2.16. The van der Waals surface area contributed by atoms with Gasteiger partial charge >= 0.3 is 34.5 Å². The van der Waals surface area contributed by atoms with Crippen LogP contribution in [-0.2, 0) is 14.8 Å². The predicted molar refractivity (Wildman–Crippen MR) is 56.5 cm³/mol. The Kier molecular flexibility index (Phi) is 7.18. The third-order valence-corrected chi connectivity index (χ3v) is 1.56. The zero-order chi connectivity index (χ0) is 8.85. The summed E-state index contributed by atoms with van der Waals surface area (Å²) in [6, 6.07) is 7.28. The molecule has 0 N–H and O–H groups in total. The van der Waals surface area contributed by atoms with Crippen LogP contribution in [0.25, 0.3) is 0 Å². The molecule has 3 heteroatoms. The Morgan fingerprint density at radius 2 is 1.64 bits per heavy atom. The van der Waals surface area contributed by atoms with Crippen molar-refractivity contribution in [1.82, 2.24) is 0 Å². The van der Waals surface area contributed by atoms with Crippen LogP contribution in [0.4, 0.5) is 0 Å². The summed E-state index contributed by atoms with van der Waals surface area (Å²) in [5.41, 5.74) is 2.36. The van der Waals surface area contributed by atoms with E-state index in [0.717, 1.165) is 4.47 Å². The van der Waals surface area contributed by atoms with Crippen molar-refractivity contribution < 1.29 is 14.8 Å². The van der Waals surface area contributed by atoms with Crippen LogP contribution < -0.4 is 0 Å². The Morgan fingerprint density at radius 1 is 1.27 bits per heavy atom. The van der Waals surface area contributed by atoms with E-state index in [1.807, 2.05) is 26.0 Å². The van der Waals surface area contributed by atoms with Crippen molar-refractivity contribution in [3.05, 3.63) is 33.8 Å². The third-order valence-electron chi connectivity index (χ3n) is 1.10. The Morgan fingerprint density at radius 3 is 1.91 bits per heavy atom. The van der Waals surface area contributed by atoms with E-state index in [4.69, 9.17) is 0 Å². The first-order valence-corrected chi connectivity index (χ1v) is 13.0. The molecule has 0 aliphatic rings. The number of hydrogen-bond donors (Lipinski definition) is 0. The molecule has 56 valence electrons. The summed E-state index contributed by atoms with van der Waals surface area (Å²) >= 11 is 7.01. The summed E-state index contributed by atoms with van der Waals surface area (Å²) in [5, 5.41) is 0. The van der Waals surface area contributed by atoms with Crippen molar-refractivity contribution in [2.75, 3.05) is 0 Å². The Labute approximate surface area is 97.1 Å². The topological polar surface area (TPSA) is 0 Å². The van der Waals surface area contributed by atoms with E-state index in [1.54, 1.807) is 0 Å². The molecular weight excluding hydrogens is 368 g/mol. The van der Waals surface area contributed by atoms with Crippen molar-refractivity contribution in [1.29, 1.82) is 0 Å². The fourth-order valence-corrected chi connectivity index (χ4v) is 1.53. The number of aryl methyl sites for hydroxylation is 2. The SMILES string of the molecule is Cc1[c-]c(C)cc(Br)c1.[Zn+][I]. The van der Waals surface area contributed by atoms with E-state index in [0.29, 0.717) is 0 Å². The summed E-state index contributed by atoms with van der Waals surface area (Å²) in [6.45, 7) is 4.08. The van der Waals surface area contributed by atoms with Gasteiger partial charge in [0.15, 0.2) is 0 Å². The van der Waals surface area contributed by atoms with Gasteiger partial charge in [0, 0.05) is 0 Å². The van der Waals surface area contributed by atoms with E-state index in [2.05, 4.69) is 41.7 Å². The summed E-state index contributed by atoms with van der Waals surface area (Å²) < 4.78 is 1.14. The molecule has 1 aromatic rings. The van der Waals surface area contributed by atoms with E-state index in [1.165, 1.54) is 25.9 Å². The van der Waals surface area contributed by atoms with Crippen LogP contribution in [-0.4, -0.2) is 0 Å². The average Bonchev–Trinajstić information content (AvgIpc) is 1.88. The van der Waals surface area contributed by atoms with Crippen LogP contribution >= 0.6 is 35.7 Å². The molecule has 0 fully saturated rings. The monoisotopic (exact) mass is 374 g/mol. The van der Waals surface area contributed by atoms with E-state index >= 15 is 0 Å². The molecule has 0 aliphatic heterocycles. The van der Waals surface area contributed by atoms with Gasteiger partial charge in [0.2, 0.25) is 0 Å². The van der Waals surface area contributed by atoms with Crippen LogP contribution in [0, 0.1) is 19.9 Å². The number of rotatable bonds is 0. The second-order valence-corrected chi connectivity index (χ2v) is 3.08. The first kappa shape index (κ1) is 12.1. The van der Waals surface area contributed by atoms with E-state index in [9.17, 15) is 0 Å². The van der Waals surface area contributed by atoms with Gasteiger partial charge in [-0.2, -0.15) is 29.3 Å². The van der Waals surface area contributed by atoms with Gasteiger partial charge < -0.3 is 0 Å². The van der Waals surface area contributed by atoms with Gasteiger partial charge in [-0.1, -0.05) is 34.3 Å². The molecule has 0 aliphatic carbocycles. The Hall–Kier alpha value is 1.05. The fraction of sp³-hybridized carbons (Fsp3) is 0.250. The molecule has 0 radical (unpaired) electrons. The number of halogens is 2. The fourth-order valence-electron chi connectivity index (χ4n) is 0.839.